The number of ether oxygens (including phenoxy) is 1. The van der Waals surface area contributed by atoms with Gasteiger partial charge in [-0.15, -0.1) is 11.3 Å². The van der Waals surface area contributed by atoms with Crippen molar-refractivity contribution in [2.24, 2.45) is 0 Å². The molecule has 5 heterocycles. The number of nitriles is 1. The number of nitrogens with two attached hydrogens (primary N) is 1. The normalized spacial score (nSPS) is 18.8. The van der Waals surface area contributed by atoms with Crippen molar-refractivity contribution >= 4 is 55.0 Å². The van der Waals surface area contributed by atoms with Crippen molar-refractivity contribution in [1.82, 2.24) is 15.3 Å². The molecule has 10 nitrogen and oxygen atoms in total. The molecule has 4 aromatic rings. The molecule has 2 saturated heterocycles. The summed E-state index contributed by atoms with van der Waals surface area (Å²) in [6, 6.07) is 4.53. The van der Waals surface area contributed by atoms with Gasteiger partial charge in [-0.2, -0.15) is 10.2 Å². The second kappa shape index (κ2) is 9.46. The van der Waals surface area contributed by atoms with Gasteiger partial charge >= 0.3 is 0 Å². The molecule has 1 atom stereocenters. The third-order valence-electron chi connectivity index (χ3n) is 8.00. The van der Waals surface area contributed by atoms with Crippen molar-refractivity contribution in [3.8, 4) is 22.9 Å². The summed E-state index contributed by atoms with van der Waals surface area (Å²) in [5.41, 5.74) is 9.02. The number of benzene rings is 2. The summed E-state index contributed by atoms with van der Waals surface area (Å²) in [4.78, 5) is 24.5. The molecule has 3 aliphatic rings. The van der Waals surface area contributed by atoms with Crippen molar-refractivity contribution in [2.75, 3.05) is 35.6 Å². The summed E-state index contributed by atoms with van der Waals surface area (Å²) in [6.45, 7) is 2.66. The fourth-order valence-corrected chi connectivity index (χ4v) is 7.03. The van der Waals surface area contributed by atoms with Crippen LogP contribution in [0.1, 0.15) is 42.4 Å². The number of nitrogens with zero attached hydrogens (tertiary/aromatic N) is 4. The van der Waals surface area contributed by atoms with E-state index < -0.39 is 11.9 Å². The molecule has 2 aromatic heterocycles. The Hall–Kier alpha value is -4.21. The molecule has 3 aliphatic heterocycles. The zero-order chi connectivity index (χ0) is 27.5. The quantitative estimate of drug-likeness (QED) is 0.289. The molecule has 1 amide bonds. The van der Waals surface area contributed by atoms with Gasteiger partial charge in [0.1, 0.15) is 40.0 Å². The molecule has 0 radical (unpaired) electrons. The Morgan fingerprint density at radius 3 is 2.77 bits per heavy atom. The predicted octanol–water partition coefficient (Wildman–Crippen LogP) is 4.13. The lowest BCUT2D eigenvalue weighted by molar-refractivity contribution is -0.123. The first kappa shape index (κ1) is 24.8. The number of hydrogen-bond donors (Lipinski definition) is 4. The van der Waals surface area contributed by atoms with Gasteiger partial charge in [0.2, 0.25) is 11.9 Å². The number of piperidine rings is 1. The SMILES string of the molecule is N#Cc1c(N)sc2c(F)ccc(-c3c4c(c5c(NC6CCCNC6=O)nc(N6CCCC6)nc5c3O)COC4)c12. The van der Waals surface area contributed by atoms with Crippen molar-refractivity contribution in [3.63, 3.8) is 0 Å². The van der Waals surface area contributed by atoms with Crippen LogP contribution in [0.15, 0.2) is 12.1 Å². The Labute approximate surface area is 232 Å². The van der Waals surface area contributed by atoms with Gasteiger partial charge in [0.25, 0.3) is 0 Å². The minimum absolute atomic E-state index is 0.0951. The highest BCUT2D eigenvalue weighted by Gasteiger charge is 2.32. The molecule has 0 bridgehead atoms. The largest absolute Gasteiger partial charge is 0.505 e. The van der Waals surface area contributed by atoms with E-state index in [1.165, 1.54) is 6.07 Å². The highest BCUT2D eigenvalue weighted by Crippen LogP contribution is 2.50. The maximum atomic E-state index is 14.9. The third kappa shape index (κ3) is 3.72. The van der Waals surface area contributed by atoms with Crippen LogP contribution in [0, 0.1) is 17.1 Å². The molecule has 40 heavy (non-hydrogen) atoms. The highest BCUT2D eigenvalue weighted by molar-refractivity contribution is 7.23. The lowest BCUT2D eigenvalue weighted by Crippen LogP contribution is -2.44. The number of carbonyl (C=O) groups excluding carboxylic acids is 1. The number of hydrogen-bond acceptors (Lipinski definition) is 10. The molecule has 2 fully saturated rings. The monoisotopic (exact) mass is 559 g/mol. The van der Waals surface area contributed by atoms with Gasteiger partial charge in [0.05, 0.1) is 28.9 Å². The minimum atomic E-state index is -0.485. The smallest absolute Gasteiger partial charge is 0.242 e. The van der Waals surface area contributed by atoms with Crippen LogP contribution in [0.5, 0.6) is 5.75 Å². The second-order valence-electron chi connectivity index (χ2n) is 10.3. The number of anilines is 3. The van der Waals surface area contributed by atoms with E-state index in [-0.39, 0.29) is 40.1 Å². The third-order valence-corrected chi connectivity index (χ3v) is 9.03. The van der Waals surface area contributed by atoms with Gasteiger partial charge < -0.3 is 31.1 Å². The van der Waals surface area contributed by atoms with Gasteiger partial charge in [0, 0.05) is 30.6 Å². The van der Waals surface area contributed by atoms with Crippen LogP contribution >= 0.6 is 11.3 Å². The second-order valence-corrected chi connectivity index (χ2v) is 11.4. The summed E-state index contributed by atoms with van der Waals surface area (Å²) in [6.07, 6.45) is 3.51. The fourth-order valence-electron chi connectivity index (χ4n) is 6.08. The summed E-state index contributed by atoms with van der Waals surface area (Å²) in [5, 5.41) is 29.2. The van der Waals surface area contributed by atoms with Crippen LogP contribution in [-0.4, -0.2) is 46.7 Å². The molecular formula is C28H26FN7O3S. The Morgan fingerprint density at radius 1 is 1.20 bits per heavy atom. The van der Waals surface area contributed by atoms with Crippen molar-refractivity contribution < 1.29 is 19.0 Å². The number of rotatable bonds is 4. The van der Waals surface area contributed by atoms with Crippen LogP contribution in [0.4, 0.5) is 21.2 Å². The predicted molar refractivity (Wildman–Crippen MR) is 151 cm³/mol. The van der Waals surface area contributed by atoms with Crippen molar-refractivity contribution in [1.29, 1.82) is 5.26 Å². The van der Waals surface area contributed by atoms with E-state index in [0.717, 1.165) is 49.3 Å². The molecule has 0 aliphatic carbocycles. The van der Waals surface area contributed by atoms with E-state index in [2.05, 4.69) is 21.6 Å². The number of halogens is 1. The minimum Gasteiger partial charge on any atom is -0.505 e. The van der Waals surface area contributed by atoms with Gasteiger partial charge in [-0.1, -0.05) is 6.07 Å². The standard InChI is InChI=1S/C28H26FN7O3S/c29-17-6-5-13(20-14(10-30)25(31)40-24(17)20)19-15-11-39-12-16(15)21-22(23(19)37)34-28(36-8-1-2-9-36)35-26(21)33-18-4-3-7-32-27(18)38/h5-6,18,37H,1-4,7-9,11-12,31H2,(H,32,38)(H,33,34,35). The highest BCUT2D eigenvalue weighted by atomic mass is 32.1. The Balaban J connectivity index is 1.52. The molecule has 0 spiro atoms. The van der Waals surface area contributed by atoms with E-state index in [9.17, 15) is 19.6 Å². The Morgan fingerprint density at radius 2 is 2.00 bits per heavy atom. The van der Waals surface area contributed by atoms with Gasteiger partial charge in [-0.25, -0.2) is 9.37 Å². The van der Waals surface area contributed by atoms with Crippen LogP contribution in [-0.2, 0) is 22.7 Å². The Kier molecular flexibility index (Phi) is 5.87. The maximum Gasteiger partial charge on any atom is 0.242 e. The molecule has 2 aromatic carbocycles. The Bertz CT molecular complexity index is 1760. The first-order chi connectivity index (χ1) is 19.5. The van der Waals surface area contributed by atoms with Crippen LogP contribution < -0.4 is 21.3 Å². The van der Waals surface area contributed by atoms with Crippen LogP contribution in [0.3, 0.4) is 0 Å². The van der Waals surface area contributed by atoms with Crippen molar-refractivity contribution in [2.45, 2.75) is 44.9 Å². The van der Waals surface area contributed by atoms with Crippen LogP contribution in [0.25, 0.3) is 32.1 Å². The first-order valence-electron chi connectivity index (χ1n) is 13.3. The number of phenolic OH excluding ortho intramolecular Hbond substituents is 1. The van der Waals surface area contributed by atoms with E-state index in [0.29, 0.717) is 57.7 Å². The number of fused-ring (bicyclic) bond motifs is 4. The number of amides is 1. The molecular weight excluding hydrogens is 533 g/mol. The number of nitrogens with one attached hydrogen (secondary N) is 2. The number of aromatic hydroxyl groups is 1. The average molecular weight is 560 g/mol. The number of aromatic nitrogens is 2. The average Bonchev–Trinajstić information content (AvgIpc) is 3.71. The molecule has 1 unspecified atom stereocenters. The van der Waals surface area contributed by atoms with Gasteiger partial charge in [-0.3, -0.25) is 4.79 Å². The zero-order valence-corrected chi connectivity index (χ0v) is 22.3. The van der Waals surface area contributed by atoms with E-state index in [1.807, 2.05) is 0 Å². The number of phenols is 1. The van der Waals surface area contributed by atoms with Crippen LogP contribution in [0.2, 0.25) is 0 Å². The summed E-state index contributed by atoms with van der Waals surface area (Å²) in [7, 11) is 0. The number of nitrogen functional groups attached to an aromatic ring is 1. The van der Waals surface area contributed by atoms with E-state index in [1.54, 1.807) is 6.07 Å². The summed E-state index contributed by atoms with van der Waals surface area (Å²) < 4.78 is 21.0. The molecule has 204 valence electrons. The van der Waals surface area contributed by atoms with Gasteiger partial charge in [0.15, 0.2) is 0 Å². The fraction of sp³-hybridized carbons (Fsp3) is 0.357. The maximum absolute atomic E-state index is 14.9. The topological polar surface area (TPSA) is 149 Å². The first-order valence-corrected chi connectivity index (χ1v) is 14.1. The molecule has 12 heteroatoms. The van der Waals surface area contributed by atoms with E-state index in [4.69, 9.17) is 20.4 Å². The lowest BCUT2D eigenvalue weighted by Gasteiger charge is -2.26. The summed E-state index contributed by atoms with van der Waals surface area (Å²) >= 11 is 1.01. The number of carbonyl (C=O) groups is 1. The number of thiophene rings is 1. The van der Waals surface area contributed by atoms with Gasteiger partial charge in [-0.05, 0) is 48.4 Å². The molecule has 7 rings (SSSR count). The molecule has 0 saturated carbocycles. The molecule has 5 N–H and O–H groups in total. The lowest BCUT2D eigenvalue weighted by atomic mass is 9.90. The van der Waals surface area contributed by atoms with Crippen molar-refractivity contribution in [3.05, 3.63) is 34.6 Å². The van der Waals surface area contributed by atoms with E-state index >= 15 is 0 Å². The zero-order valence-electron chi connectivity index (χ0n) is 21.5. The summed E-state index contributed by atoms with van der Waals surface area (Å²) in [5.74, 6) is 0.243.